The number of nitrogens with zero attached hydrogens (tertiary/aromatic N) is 1. The van der Waals surface area contributed by atoms with Crippen LogP contribution in [0.4, 0.5) is 0 Å². The predicted octanol–water partition coefficient (Wildman–Crippen LogP) is 3.00. The number of hydrogen-bond donors (Lipinski definition) is 0. The van der Waals surface area contributed by atoms with Gasteiger partial charge in [0.25, 0.3) is 0 Å². The van der Waals surface area contributed by atoms with Crippen molar-refractivity contribution in [2.24, 2.45) is 5.41 Å². The van der Waals surface area contributed by atoms with Crippen LogP contribution in [0.15, 0.2) is 12.0 Å². The lowest BCUT2D eigenvalue weighted by molar-refractivity contribution is 0.0901. The average molecular weight is 197 g/mol. The van der Waals surface area contributed by atoms with Crippen LogP contribution >= 0.6 is 0 Å². The van der Waals surface area contributed by atoms with Crippen molar-refractivity contribution >= 4 is 0 Å². The second kappa shape index (κ2) is 3.48. The molecule has 1 aliphatic rings. The van der Waals surface area contributed by atoms with Gasteiger partial charge in [-0.05, 0) is 26.2 Å². The first-order valence-corrected chi connectivity index (χ1v) is 5.26. The van der Waals surface area contributed by atoms with Gasteiger partial charge in [0.2, 0.25) is 0 Å². The van der Waals surface area contributed by atoms with Crippen LogP contribution in [-0.2, 0) is 4.74 Å². The molecule has 0 fully saturated rings. The SMILES string of the molecule is COC1=CN(C(C)(C)C)CC(C)(C)C1. The van der Waals surface area contributed by atoms with Crippen LogP contribution in [0.5, 0.6) is 0 Å². The van der Waals surface area contributed by atoms with E-state index in [9.17, 15) is 0 Å². The van der Waals surface area contributed by atoms with Crippen molar-refractivity contribution in [3.63, 3.8) is 0 Å². The zero-order chi connectivity index (χ0) is 11.0. The number of methoxy groups -OCH3 is 1. The molecule has 0 atom stereocenters. The zero-order valence-corrected chi connectivity index (χ0v) is 10.3. The summed E-state index contributed by atoms with van der Waals surface area (Å²) in [7, 11) is 1.76. The van der Waals surface area contributed by atoms with Gasteiger partial charge in [-0.2, -0.15) is 0 Å². The average Bonchev–Trinajstić information content (AvgIpc) is 1.99. The van der Waals surface area contributed by atoms with E-state index in [-0.39, 0.29) is 5.54 Å². The fourth-order valence-corrected chi connectivity index (χ4v) is 1.81. The second-order valence-electron chi connectivity index (χ2n) is 5.94. The fraction of sp³-hybridized carbons (Fsp3) is 0.833. The molecule has 0 aromatic heterocycles. The maximum atomic E-state index is 5.37. The molecule has 0 aliphatic carbocycles. The Labute approximate surface area is 87.9 Å². The van der Waals surface area contributed by atoms with Gasteiger partial charge in [-0.25, -0.2) is 0 Å². The monoisotopic (exact) mass is 197 g/mol. The molecule has 0 aromatic carbocycles. The Kier molecular flexibility index (Phi) is 2.84. The van der Waals surface area contributed by atoms with Gasteiger partial charge in [0.1, 0.15) is 5.76 Å². The third-order valence-corrected chi connectivity index (χ3v) is 2.67. The molecule has 82 valence electrons. The molecule has 14 heavy (non-hydrogen) atoms. The normalized spacial score (nSPS) is 21.9. The van der Waals surface area contributed by atoms with Crippen LogP contribution in [0.1, 0.15) is 41.0 Å². The molecule has 0 saturated heterocycles. The van der Waals surface area contributed by atoms with Crippen LogP contribution in [-0.4, -0.2) is 24.1 Å². The van der Waals surface area contributed by atoms with Gasteiger partial charge in [-0.1, -0.05) is 13.8 Å². The minimum absolute atomic E-state index is 0.182. The van der Waals surface area contributed by atoms with Gasteiger partial charge >= 0.3 is 0 Å². The molecule has 0 saturated carbocycles. The van der Waals surface area contributed by atoms with Gasteiger partial charge in [-0.3, -0.25) is 0 Å². The third-order valence-electron chi connectivity index (χ3n) is 2.67. The van der Waals surface area contributed by atoms with E-state index in [1.54, 1.807) is 7.11 Å². The van der Waals surface area contributed by atoms with Crippen molar-refractivity contribution < 1.29 is 4.74 Å². The Balaban J connectivity index is 2.88. The smallest absolute Gasteiger partial charge is 0.112 e. The zero-order valence-electron chi connectivity index (χ0n) is 10.3. The molecule has 2 nitrogen and oxygen atoms in total. The van der Waals surface area contributed by atoms with E-state index in [1.807, 2.05) is 0 Å². The van der Waals surface area contributed by atoms with Crippen molar-refractivity contribution in [3.8, 4) is 0 Å². The first-order valence-electron chi connectivity index (χ1n) is 5.26. The molecule has 0 aromatic rings. The number of rotatable bonds is 1. The lowest BCUT2D eigenvalue weighted by Crippen LogP contribution is -2.45. The highest BCUT2D eigenvalue weighted by atomic mass is 16.5. The van der Waals surface area contributed by atoms with Gasteiger partial charge in [0.15, 0.2) is 0 Å². The number of hydrogen-bond acceptors (Lipinski definition) is 2. The molecule has 0 bridgehead atoms. The molecule has 0 radical (unpaired) electrons. The molecule has 2 heteroatoms. The second-order valence-corrected chi connectivity index (χ2v) is 5.94. The highest BCUT2D eigenvalue weighted by molar-refractivity contribution is 5.06. The maximum Gasteiger partial charge on any atom is 0.112 e. The summed E-state index contributed by atoms with van der Waals surface area (Å²) in [4.78, 5) is 2.37. The van der Waals surface area contributed by atoms with Crippen LogP contribution < -0.4 is 0 Å². The largest absolute Gasteiger partial charge is 0.500 e. The fourth-order valence-electron chi connectivity index (χ4n) is 1.81. The quantitative estimate of drug-likeness (QED) is 0.640. The molecule has 0 N–H and O–H groups in total. The molecule has 0 amide bonds. The standard InChI is InChI=1S/C12H23NO/c1-11(2,3)13-8-10(14-6)7-12(4,5)9-13/h8H,7,9H2,1-6H3. The van der Waals surface area contributed by atoms with Crippen LogP contribution in [0, 0.1) is 5.41 Å². The minimum Gasteiger partial charge on any atom is -0.500 e. The molecule has 0 unspecified atom stereocenters. The van der Waals surface area contributed by atoms with E-state index in [4.69, 9.17) is 4.74 Å². The highest BCUT2D eigenvalue weighted by Crippen LogP contribution is 2.34. The van der Waals surface area contributed by atoms with Gasteiger partial charge in [-0.15, -0.1) is 0 Å². The van der Waals surface area contributed by atoms with Gasteiger partial charge in [0.05, 0.1) is 7.11 Å². The van der Waals surface area contributed by atoms with Crippen molar-refractivity contribution in [2.45, 2.75) is 46.6 Å². The van der Waals surface area contributed by atoms with Crippen LogP contribution in [0.25, 0.3) is 0 Å². The summed E-state index contributed by atoms with van der Waals surface area (Å²) in [5.74, 6) is 1.09. The Morgan fingerprint density at radius 2 is 1.93 bits per heavy atom. The van der Waals surface area contributed by atoms with Crippen LogP contribution in [0.2, 0.25) is 0 Å². The number of allylic oxidation sites excluding steroid dienone is 1. The van der Waals surface area contributed by atoms with E-state index in [0.717, 1.165) is 18.7 Å². The van der Waals surface area contributed by atoms with E-state index < -0.39 is 0 Å². The molecule has 1 rings (SSSR count). The Hall–Kier alpha value is -0.660. The lowest BCUT2D eigenvalue weighted by Gasteiger charge is -2.44. The maximum absolute atomic E-state index is 5.37. The van der Waals surface area contributed by atoms with Crippen LogP contribution in [0.3, 0.4) is 0 Å². The highest BCUT2D eigenvalue weighted by Gasteiger charge is 2.32. The van der Waals surface area contributed by atoms with E-state index >= 15 is 0 Å². The van der Waals surface area contributed by atoms with Crippen molar-refractivity contribution in [3.05, 3.63) is 12.0 Å². The third kappa shape index (κ3) is 2.66. The summed E-state index contributed by atoms with van der Waals surface area (Å²) in [6, 6.07) is 0. The summed E-state index contributed by atoms with van der Waals surface area (Å²) in [5.41, 5.74) is 0.495. The van der Waals surface area contributed by atoms with E-state index in [1.165, 1.54) is 0 Å². The van der Waals surface area contributed by atoms with Crippen molar-refractivity contribution in [2.75, 3.05) is 13.7 Å². The van der Waals surface area contributed by atoms with E-state index in [2.05, 4.69) is 45.7 Å². The summed E-state index contributed by atoms with van der Waals surface area (Å²) >= 11 is 0. The first-order chi connectivity index (χ1) is 6.24. The van der Waals surface area contributed by atoms with E-state index in [0.29, 0.717) is 5.41 Å². The topological polar surface area (TPSA) is 12.5 Å². The van der Waals surface area contributed by atoms with Gasteiger partial charge < -0.3 is 9.64 Å². The number of ether oxygens (including phenoxy) is 1. The van der Waals surface area contributed by atoms with Gasteiger partial charge in [0, 0.05) is 24.7 Å². The molecule has 0 spiro atoms. The summed E-state index contributed by atoms with van der Waals surface area (Å²) < 4.78 is 5.37. The Bertz CT molecular complexity index is 235. The molecular formula is C12H23NO. The molecular weight excluding hydrogens is 174 g/mol. The predicted molar refractivity (Wildman–Crippen MR) is 59.9 cm³/mol. The lowest BCUT2D eigenvalue weighted by atomic mass is 9.84. The minimum atomic E-state index is 0.182. The summed E-state index contributed by atoms with van der Waals surface area (Å²) in [6.07, 6.45) is 3.20. The summed E-state index contributed by atoms with van der Waals surface area (Å²) in [6.45, 7) is 12.4. The first kappa shape index (κ1) is 11.4. The van der Waals surface area contributed by atoms with Crippen molar-refractivity contribution in [1.82, 2.24) is 4.90 Å². The Morgan fingerprint density at radius 3 is 2.36 bits per heavy atom. The summed E-state index contributed by atoms with van der Waals surface area (Å²) in [5, 5.41) is 0. The van der Waals surface area contributed by atoms with Crippen molar-refractivity contribution in [1.29, 1.82) is 0 Å². The Morgan fingerprint density at radius 1 is 1.36 bits per heavy atom. The molecule has 1 aliphatic heterocycles. The molecule has 1 heterocycles.